The lowest BCUT2D eigenvalue weighted by Gasteiger charge is -2.33. The highest BCUT2D eigenvalue weighted by Crippen LogP contribution is 2.22. The molecule has 0 saturated carbocycles. The third-order valence-corrected chi connectivity index (χ3v) is 6.82. The van der Waals surface area contributed by atoms with Gasteiger partial charge in [0, 0.05) is 38.3 Å². The SMILES string of the molecule is O=S(=O)(c1ccc(F)cc1F)N1CCN(Cc2nnnn2-c2ccc(F)c(F)c2)CC1. The Hall–Kier alpha value is -2.90. The van der Waals surface area contributed by atoms with Crippen molar-refractivity contribution in [2.45, 2.75) is 11.4 Å². The van der Waals surface area contributed by atoms with Gasteiger partial charge in [0.1, 0.15) is 16.5 Å². The van der Waals surface area contributed by atoms with E-state index in [9.17, 15) is 26.0 Å². The highest BCUT2D eigenvalue weighted by Gasteiger charge is 2.31. The molecule has 164 valence electrons. The largest absolute Gasteiger partial charge is 0.293 e. The number of halogens is 4. The van der Waals surface area contributed by atoms with E-state index < -0.39 is 38.2 Å². The standard InChI is InChI=1S/C18H16F4N6O2S/c19-12-1-4-17(16(22)9-12)31(29,30)27-7-5-26(6-8-27)11-18-23-24-25-28(18)13-2-3-14(20)15(21)10-13/h1-4,9-10H,5-8,11H2. The first kappa shape index (κ1) is 21.3. The van der Waals surface area contributed by atoms with Gasteiger partial charge >= 0.3 is 0 Å². The van der Waals surface area contributed by atoms with E-state index in [1.165, 1.54) is 10.7 Å². The fourth-order valence-electron chi connectivity index (χ4n) is 3.27. The molecule has 3 aromatic rings. The summed E-state index contributed by atoms with van der Waals surface area (Å²) in [4.78, 5) is 1.29. The second-order valence-electron chi connectivity index (χ2n) is 6.86. The summed E-state index contributed by atoms with van der Waals surface area (Å²) in [7, 11) is -4.11. The molecule has 0 atom stereocenters. The maximum absolute atomic E-state index is 14.0. The van der Waals surface area contributed by atoms with Crippen LogP contribution in [0.2, 0.25) is 0 Å². The number of aromatic nitrogens is 4. The second-order valence-corrected chi connectivity index (χ2v) is 8.77. The van der Waals surface area contributed by atoms with Gasteiger partial charge in [0.05, 0.1) is 12.2 Å². The van der Waals surface area contributed by atoms with Crippen LogP contribution in [0.4, 0.5) is 17.6 Å². The molecule has 0 aliphatic carbocycles. The molecule has 0 unspecified atom stereocenters. The van der Waals surface area contributed by atoms with E-state index in [4.69, 9.17) is 0 Å². The van der Waals surface area contributed by atoms with Crippen LogP contribution < -0.4 is 0 Å². The summed E-state index contributed by atoms with van der Waals surface area (Å²) in [6, 6.07) is 5.60. The molecule has 2 heterocycles. The lowest BCUT2D eigenvalue weighted by atomic mass is 10.3. The number of rotatable bonds is 5. The fourth-order valence-corrected chi connectivity index (χ4v) is 4.74. The molecule has 31 heavy (non-hydrogen) atoms. The zero-order valence-electron chi connectivity index (χ0n) is 15.9. The van der Waals surface area contributed by atoms with Crippen LogP contribution in [0.1, 0.15) is 5.82 Å². The normalized spacial score (nSPS) is 16.0. The van der Waals surface area contributed by atoms with Crippen molar-refractivity contribution in [1.82, 2.24) is 29.4 Å². The third-order valence-electron chi connectivity index (χ3n) is 4.89. The van der Waals surface area contributed by atoms with Crippen LogP contribution in [-0.4, -0.2) is 64.0 Å². The molecule has 2 aromatic carbocycles. The average molecular weight is 456 g/mol. The molecule has 1 aromatic heterocycles. The molecule has 8 nitrogen and oxygen atoms in total. The van der Waals surface area contributed by atoms with Gasteiger partial charge in [-0.1, -0.05) is 0 Å². The van der Waals surface area contributed by atoms with Crippen LogP contribution in [0.3, 0.4) is 0 Å². The van der Waals surface area contributed by atoms with Crippen molar-refractivity contribution in [2.75, 3.05) is 26.2 Å². The molecule has 0 spiro atoms. The van der Waals surface area contributed by atoms with Crippen molar-refractivity contribution >= 4 is 10.0 Å². The summed E-state index contributed by atoms with van der Waals surface area (Å²) in [5.74, 6) is -3.68. The van der Waals surface area contributed by atoms with Gasteiger partial charge in [0.25, 0.3) is 0 Å². The van der Waals surface area contributed by atoms with Crippen molar-refractivity contribution in [1.29, 1.82) is 0 Å². The number of hydrogen-bond donors (Lipinski definition) is 0. The van der Waals surface area contributed by atoms with Crippen LogP contribution in [0.25, 0.3) is 5.69 Å². The van der Waals surface area contributed by atoms with Crippen LogP contribution in [-0.2, 0) is 16.6 Å². The minimum absolute atomic E-state index is 0.0753. The molecular formula is C18H16F4N6O2S. The van der Waals surface area contributed by atoms with Gasteiger partial charge in [-0.25, -0.2) is 26.0 Å². The number of hydrogen-bond acceptors (Lipinski definition) is 6. The van der Waals surface area contributed by atoms with E-state index in [1.807, 2.05) is 4.90 Å². The molecule has 0 amide bonds. The van der Waals surface area contributed by atoms with Crippen molar-refractivity contribution in [3.05, 3.63) is 65.5 Å². The van der Waals surface area contributed by atoms with Gasteiger partial charge in [-0.05, 0) is 34.7 Å². The minimum Gasteiger partial charge on any atom is -0.293 e. The first-order chi connectivity index (χ1) is 14.8. The molecule has 13 heteroatoms. The van der Waals surface area contributed by atoms with E-state index in [0.717, 1.165) is 28.6 Å². The molecule has 1 aliphatic rings. The first-order valence-electron chi connectivity index (χ1n) is 9.16. The maximum Gasteiger partial charge on any atom is 0.246 e. The minimum atomic E-state index is -4.11. The zero-order valence-corrected chi connectivity index (χ0v) is 16.7. The highest BCUT2D eigenvalue weighted by atomic mass is 32.2. The molecular weight excluding hydrogens is 440 g/mol. The van der Waals surface area contributed by atoms with Gasteiger partial charge in [0.2, 0.25) is 10.0 Å². The molecule has 1 saturated heterocycles. The molecule has 0 N–H and O–H groups in total. The summed E-state index contributed by atoms with van der Waals surface area (Å²) >= 11 is 0. The Balaban J connectivity index is 1.45. The number of sulfonamides is 1. The Bertz CT molecular complexity index is 1210. The van der Waals surface area contributed by atoms with E-state index >= 15 is 0 Å². The Labute approximate surface area is 174 Å². The van der Waals surface area contributed by atoms with Crippen LogP contribution in [0.5, 0.6) is 0 Å². The summed E-state index contributed by atoms with van der Waals surface area (Å²) in [5, 5.41) is 11.3. The van der Waals surface area contributed by atoms with Gasteiger partial charge in [-0.2, -0.15) is 8.99 Å². The number of benzene rings is 2. The van der Waals surface area contributed by atoms with E-state index in [-0.39, 0.29) is 25.3 Å². The van der Waals surface area contributed by atoms with E-state index in [2.05, 4.69) is 15.5 Å². The lowest BCUT2D eigenvalue weighted by molar-refractivity contribution is 0.176. The quantitative estimate of drug-likeness (QED) is 0.544. The topological polar surface area (TPSA) is 84.2 Å². The Kier molecular flexibility index (Phi) is 5.73. The number of tetrazole rings is 1. The van der Waals surface area contributed by atoms with Gasteiger partial charge in [-0.15, -0.1) is 5.10 Å². The van der Waals surface area contributed by atoms with E-state index in [1.54, 1.807) is 0 Å². The number of nitrogens with zero attached hydrogens (tertiary/aromatic N) is 6. The maximum atomic E-state index is 14.0. The molecule has 1 aliphatic heterocycles. The van der Waals surface area contributed by atoms with Gasteiger partial charge in [0.15, 0.2) is 17.5 Å². The highest BCUT2D eigenvalue weighted by molar-refractivity contribution is 7.89. The smallest absolute Gasteiger partial charge is 0.246 e. The summed E-state index contributed by atoms with van der Waals surface area (Å²) in [6.45, 7) is 0.974. The van der Waals surface area contributed by atoms with Gasteiger partial charge < -0.3 is 0 Å². The predicted octanol–water partition coefficient (Wildman–Crippen LogP) is 1.73. The summed E-state index contributed by atoms with van der Waals surface area (Å²) in [6.07, 6.45) is 0. The average Bonchev–Trinajstić information content (AvgIpc) is 3.18. The first-order valence-corrected chi connectivity index (χ1v) is 10.6. The molecule has 4 rings (SSSR count). The number of piperazine rings is 1. The van der Waals surface area contributed by atoms with Crippen molar-refractivity contribution in [3.8, 4) is 5.69 Å². The second kappa shape index (κ2) is 8.32. The van der Waals surface area contributed by atoms with Crippen molar-refractivity contribution < 1.29 is 26.0 Å². The third kappa shape index (κ3) is 4.29. The van der Waals surface area contributed by atoms with Crippen LogP contribution in [0, 0.1) is 23.3 Å². The lowest BCUT2D eigenvalue weighted by Crippen LogP contribution is -2.48. The summed E-state index contributed by atoms with van der Waals surface area (Å²) in [5.41, 5.74) is 0.242. The van der Waals surface area contributed by atoms with Crippen molar-refractivity contribution in [3.63, 3.8) is 0 Å². The Morgan fingerprint density at radius 2 is 1.61 bits per heavy atom. The Morgan fingerprint density at radius 3 is 2.29 bits per heavy atom. The zero-order chi connectivity index (χ0) is 22.2. The van der Waals surface area contributed by atoms with Gasteiger partial charge in [-0.3, -0.25) is 4.90 Å². The fraction of sp³-hybridized carbons (Fsp3) is 0.278. The van der Waals surface area contributed by atoms with E-state index in [0.29, 0.717) is 25.0 Å². The molecule has 1 fully saturated rings. The summed E-state index contributed by atoms with van der Waals surface area (Å²) < 4.78 is 81.5. The van der Waals surface area contributed by atoms with Crippen LogP contribution in [0.15, 0.2) is 41.3 Å². The molecule has 0 radical (unpaired) electrons. The monoisotopic (exact) mass is 456 g/mol. The van der Waals surface area contributed by atoms with Crippen LogP contribution >= 0.6 is 0 Å². The predicted molar refractivity (Wildman–Crippen MR) is 99.5 cm³/mol. The Morgan fingerprint density at radius 1 is 0.871 bits per heavy atom. The van der Waals surface area contributed by atoms with Crippen molar-refractivity contribution in [2.24, 2.45) is 0 Å². The molecule has 0 bridgehead atoms.